The van der Waals surface area contributed by atoms with E-state index in [1.54, 1.807) is 12.3 Å². The van der Waals surface area contributed by atoms with Gasteiger partial charge < -0.3 is 4.74 Å². The fourth-order valence-corrected chi connectivity index (χ4v) is 2.99. The van der Waals surface area contributed by atoms with Gasteiger partial charge in [-0.05, 0) is 25.1 Å². The van der Waals surface area contributed by atoms with Gasteiger partial charge in [-0.1, -0.05) is 6.07 Å². The molecular formula is C15H11F3N2O2S. The summed E-state index contributed by atoms with van der Waals surface area (Å²) >= 11 is 1.32. The molecule has 0 saturated carbocycles. The van der Waals surface area contributed by atoms with Crippen molar-refractivity contribution in [2.45, 2.75) is 19.7 Å². The summed E-state index contributed by atoms with van der Waals surface area (Å²) in [6.45, 7) is 1.72. The molecule has 0 N–H and O–H groups in total. The predicted octanol–water partition coefficient (Wildman–Crippen LogP) is 3.66. The lowest BCUT2D eigenvalue weighted by atomic mass is 10.2. The van der Waals surface area contributed by atoms with E-state index < -0.39 is 11.7 Å². The van der Waals surface area contributed by atoms with Gasteiger partial charge in [0.1, 0.15) is 12.4 Å². The van der Waals surface area contributed by atoms with Gasteiger partial charge in [0.05, 0.1) is 11.3 Å². The highest BCUT2D eigenvalue weighted by Gasteiger charge is 2.30. The van der Waals surface area contributed by atoms with Crippen molar-refractivity contribution in [2.24, 2.45) is 0 Å². The normalized spacial score (nSPS) is 11.8. The van der Waals surface area contributed by atoms with Crippen LogP contribution in [0.1, 0.15) is 17.0 Å². The van der Waals surface area contributed by atoms with Crippen molar-refractivity contribution in [3.05, 3.63) is 63.0 Å². The first kappa shape index (κ1) is 15.5. The molecule has 0 fully saturated rings. The van der Waals surface area contributed by atoms with Crippen LogP contribution >= 0.6 is 11.3 Å². The smallest absolute Gasteiger partial charge is 0.416 e. The van der Waals surface area contributed by atoms with Crippen molar-refractivity contribution in [1.82, 2.24) is 9.38 Å². The minimum absolute atomic E-state index is 0.0733. The molecule has 2 heterocycles. The van der Waals surface area contributed by atoms with Crippen LogP contribution in [-0.2, 0) is 12.8 Å². The van der Waals surface area contributed by atoms with Gasteiger partial charge in [-0.2, -0.15) is 13.2 Å². The molecule has 3 rings (SSSR count). The molecule has 0 aliphatic rings. The third-order valence-electron chi connectivity index (χ3n) is 3.18. The third-order valence-corrected chi connectivity index (χ3v) is 4.12. The molecule has 0 radical (unpaired) electrons. The summed E-state index contributed by atoms with van der Waals surface area (Å²) in [5.41, 5.74) is 0.130. The van der Waals surface area contributed by atoms with E-state index in [2.05, 4.69) is 4.98 Å². The van der Waals surface area contributed by atoms with Gasteiger partial charge in [0.15, 0.2) is 4.96 Å². The average Bonchev–Trinajstić information content (AvgIpc) is 2.86. The Morgan fingerprint density at radius 1 is 1.30 bits per heavy atom. The van der Waals surface area contributed by atoms with Crippen molar-refractivity contribution >= 4 is 16.3 Å². The molecule has 1 aromatic carbocycles. The Bertz CT molecular complexity index is 915. The number of aryl methyl sites for hydroxylation is 1. The Morgan fingerprint density at radius 3 is 2.83 bits per heavy atom. The van der Waals surface area contributed by atoms with Crippen molar-refractivity contribution in [1.29, 1.82) is 0 Å². The largest absolute Gasteiger partial charge is 0.487 e. The van der Waals surface area contributed by atoms with E-state index >= 15 is 0 Å². The topological polar surface area (TPSA) is 43.6 Å². The van der Waals surface area contributed by atoms with E-state index in [9.17, 15) is 18.0 Å². The first-order chi connectivity index (χ1) is 10.8. The van der Waals surface area contributed by atoms with Crippen LogP contribution in [-0.4, -0.2) is 9.38 Å². The zero-order chi connectivity index (χ0) is 16.6. The van der Waals surface area contributed by atoms with Crippen molar-refractivity contribution < 1.29 is 17.9 Å². The number of hydrogen-bond acceptors (Lipinski definition) is 4. The second-order valence-corrected chi connectivity index (χ2v) is 5.73. The van der Waals surface area contributed by atoms with Crippen LogP contribution in [0.25, 0.3) is 4.96 Å². The van der Waals surface area contributed by atoms with E-state index in [1.807, 2.05) is 0 Å². The zero-order valence-corrected chi connectivity index (χ0v) is 12.7. The zero-order valence-electron chi connectivity index (χ0n) is 11.9. The monoisotopic (exact) mass is 340 g/mol. The summed E-state index contributed by atoms with van der Waals surface area (Å²) in [5, 5.41) is 1.81. The van der Waals surface area contributed by atoms with E-state index in [0.29, 0.717) is 10.7 Å². The fraction of sp³-hybridized carbons (Fsp3) is 0.200. The van der Waals surface area contributed by atoms with Crippen LogP contribution in [0, 0.1) is 6.92 Å². The molecule has 8 heteroatoms. The van der Waals surface area contributed by atoms with Crippen LogP contribution in [0.5, 0.6) is 5.75 Å². The molecule has 0 aliphatic heterocycles. The van der Waals surface area contributed by atoms with Crippen LogP contribution in [0.15, 0.2) is 40.5 Å². The summed E-state index contributed by atoms with van der Waals surface area (Å²) in [5.74, 6) is 0.0733. The van der Waals surface area contributed by atoms with Gasteiger partial charge >= 0.3 is 6.18 Å². The van der Waals surface area contributed by atoms with Gasteiger partial charge in [-0.15, -0.1) is 11.3 Å². The SMILES string of the molecule is Cc1csc2nc(COc3cccc(C(F)(F)F)c3)cc(=O)n12. The second-order valence-electron chi connectivity index (χ2n) is 4.90. The highest BCUT2D eigenvalue weighted by molar-refractivity contribution is 7.15. The number of ether oxygens (including phenoxy) is 1. The number of nitrogens with zero attached hydrogens (tertiary/aromatic N) is 2. The number of alkyl halides is 3. The number of aromatic nitrogens is 2. The molecule has 0 bridgehead atoms. The summed E-state index contributed by atoms with van der Waals surface area (Å²) in [6, 6.07) is 5.90. The second kappa shape index (κ2) is 5.69. The minimum Gasteiger partial charge on any atom is -0.487 e. The first-order valence-corrected chi connectivity index (χ1v) is 7.49. The Morgan fingerprint density at radius 2 is 2.09 bits per heavy atom. The van der Waals surface area contributed by atoms with Crippen LogP contribution in [0.2, 0.25) is 0 Å². The van der Waals surface area contributed by atoms with Crippen molar-refractivity contribution in [2.75, 3.05) is 0 Å². The predicted molar refractivity (Wildman–Crippen MR) is 79.9 cm³/mol. The number of thiazole rings is 1. The highest BCUT2D eigenvalue weighted by Crippen LogP contribution is 2.31. The molecule has 2 aromatic heterocycles. The molecular weight excluding hydrogens is 329 g/mol. The Labute approximate surface area is 132 Å². The lowest BCUT2D eigenvalue weighted by molar-refractivity contribution is -0.137. The van der Waals surface area contributed by atoms with Crippen molar-refractivity contribution in [3.63, 3.8) is 0 Å². The summed E-state index contributed by atoms with van der Waals surface area (Å²) in [6.07, 6.45) is -4.43. The van der Waals surface area contributed by atoms with Gasteiger partial charge in [0.2, 0.25) is 0 Å². The Kier molecular flexibility index (Phi) is 3.85. The van der Waals surface area contributed by atoms with Gasteiger partial charge in [0, 0.05) is 17.1 Å². The summed E-state index contributed by atoms with van der Waals surface area (Å²) in [4.78, 5) is 16.8. The molecule has 4 nitrogen and oxygen atoms in total. The molecule has 23 heavy (non-hydrogen) atoms. The molecule has 3 aromatic rings. The molecule has 120 valence electrons. The van der Waals surface area contributed by atoms with E-state index in [0.717, 1.165) is 17.8 Å². The fourth-order valence-electron chi connectivity index (χ4n) is 2.09. The third kappa shape index (κ3) is 3.21. The average molecular weight is 340 g/mol. The summed E-state index contributed by atoms with van der Waals surface area (Å²) in [7, 11) is 0. The van der Waals surface area contributed by atoms with Crippen LogP contribution in [0.4, 0.5) is 13.2 Å². The lowest BCUT2D eigenvalue weighted by Gasteiger charge is -2.10. The highest BCUT2D eigenvalue weighted by atomic mass is 32.1. The Balaban J connectivity index is 1.82. The number of hydrogen-bond donors (Lipinski definition) is 0. The van der Waals surface area contributed by atoms with E-state index in [1.165, 1.54) is 33.9 Å². The number of fused-ring (bicyclic) bond motifs is 1. The van der Waals surface area contributed by atoms with Crippen molar-refractivity contribution in [3.8, 4) is 5.75 Å². The Hall–Kier alpha value is -2.35. The molecule has 0 saturated heterocycles. The molecule has 0 amide bonds. The molecule has 0 atom stereocenters. The quantitative estimate of drug-likeness (QED) is 0.731. The van der Waals surface area contributed by atoms with Gasteiger partial charge in [-0.25, -0.2) is 4.98 Å². The lowest BCUT2D eigenvalue weighted by Crippen LogP contribution is -2.16. The maximum Gasteiger partial charge on any atom is 0.416 e. The molecule has 0 spiro atoms. The van der Waals surface area contributed by atoms with Crippen LogP contribution < -0.4 is 10.3 Å². The maximum atomic E-state index is 12.7. The number of rotatable bonds is 3. The molecule has 0 aliphatic carbocycles. The molecule has 0 unspecified atom stereocenters. The number of halogens is 3. The standard InChI is InChI=1S/C15H11F3N2O2S/c1-9-8-23-14-19-11(6-13(21)20(9)14)7-22-12-4-2-3-10(5-12)15(16,17)18/h2-6,8H,7H2,1H3. The van der Waals surface area contributed by atoms with Crippen LogP contribution in [0.3, 0.4) is 0 Å². The van der Waals surface area contributed by atoms with Gasteiger partial charge in [0.25, 0.3) is 5.56 Å². The van der Waals surface area contributed by atoms with Gasteiger partial charge in [-0.3, -0.25) is 9.20 Å². The van der Waals surface area contributed by atoms with E-state index in [-0.39, 0.29) is 17.9 Å². The minimum atomic E-state index is -4.43. The summed E-state index contributed by atoms with van der Waals surface area (Å²) < 4.78 is 44.8. The number of benzene rings is 1. The first-order valence-electron chi connectivity index (χ1n) is 6.61. The van der Waals surface area contributed by atoms with E-state index in [4.69, 9.17) is 4.74 Å². The maximum absolute atomic E-state index is 12.7.